The first-order valence-corrected chi connectivity index (χ1v) is 11.3. The van der Waals surface area contributed by atoms with E-state index in [2.05, 4.69) is 36.3 Å². The highest BCUT2D eigenvalue weighted by atomic mass is 35.5. The molecule has 0 bridgehead atoms. The summed E-state index contributed by atoms with van der Waals surface area (Å²) in [6, 6.07) is 15.9. The zero-order valence-electron chi connectivity index (χ0n) is 17.9. The summed E-state index contributed by atoms with van der Waals surface area (Å²) >= 11 is 0. The third-order valence-electron chi connectivity index (χ3n) is 4.93. The number of hydrogen-bond acceptors (Lipinski definition) is 5. The lowest BCUT2D eigenvalue weighted by Crippen LogP contribution is -2.47. The van der Waals surface area contributed by atoms with E-state index in [4.69, 9.17) is 13.3 Å². The Labute approximate surface area is 186 Å². The van der Waals surface area contributed by atoms with E-state index in [9.17, 15) is 4.79 Å². The van der Waals surface area contributed by atoms with Crippen LogP contribution in [-0.4, -0.2) is 42.6 Å². The largest absolute Gasteiger partial charge is 0.503 e. The highest BCUT2D eigenvalue weighted by Crippen LogP contribution is 2.30. The minimum atomic E-state index is -2.64. The van der Waals surface area contributed by atoms with Crippen LogP contribution in [0.4, 0.5) is 11.4 Å². The second kappa shape index (κ2) is 12.5. The lowest BCUT2D eigenvalue weighted by atomic mass is 10.0. The predicted molar refractivity (Wildman–Crippen MR) is 127 cm³/mol. The van der Waals surface area contributed by atoms with Crippen molar-refractivity contribution < 1.29 is 18.1 Å². The van der Waals surface area contributed by atoms with E-state index in [1.54, 1.807) is 21.3 Å². The number of carbonyl (C=O) groups excluding carboxylic acids is 1. The molecule has 0 saturated heterocycles. The summed E-state index contributed by atoms with van der Waals surface area (Å²) in [5.41, 5.74) is 4.09. The van der Waals surface area contributed by atoms with Gasteiger partial charge in [0.05, 0.1) is 0 Å². The second-order valence-corrected chi connectivity index (χ2v) is 10.1. The molecule has 0 spiro atoms. The molecule has 1 unspecified atom stereocenters. The van der Waals surface area contributed by atoms with Crippen molar-refractivity contribution in [3.05, 3.63) is 61.2 Å². The molecule has 0 radical (unpaired) electrons. The SMILES string of the molecule is C=CC(=O)Nc1ccc(-c2ccccc2NCCC(C)[Si](OC)(OC)OC)cc1.Cl. The van der Waals surface area contributed by atoms with Crippen molar-refractivity contribution in [2.24, 2.45) is 0 Å². The van der Waals surface area contributed by atoms with Gasteiger partial charge in [-0.3, -0.25) is 4.79 Å². The third-order valence-corrected chi connectivity index (χ3v) is 8.13. The average Bonchev–Trinajstić information content (AvgIpc) is 2.76. The first-order valence-electron chi connectivity index (χ1n) is 9.51. The molecule has 6 nitrogen and oxygen atoms in total. The standard InChI is InChI=1S/C22H30N2O4Si.ClH/c1-6-22(25)24-19-13-11-18(12-14-19)20-9-7-8-10-21(20)23-16-15-17(2)29(26-3,27-4)28-5;/h6-14,17,23H,1,15-16H2,2-5H3,(H,24,25);1H. The van der Waals surface area contributed by atoms with Gasteiger partial charge >= 0.3 is 8.80 Å². The number of halogens is 1. The van der Waals surface area contributed by atoms with Crippen LogP contribution in [0, 0.1) is 0 Å². The molecular weight excluding hydrogens is 420 g/mol. The van der Waals surface area contributed by atoms with Crippen LogP contribution in [0.2, 0.25) is 5.54 Å². The molecule has 0 heterocycles. The number of rotatable bonds is 11. The Kier molecular flexibility index (Phi) is 10.8. The summed E-state index contributed by atoms with van der Waals surface area (Å²) in [6.45, 7) is 6.31. The number of nitrogens with one attached hydrogen (secondary N) is 2. The van der Waals surface area contributed by atoms with E-state index in [0.717, 1.165) is 35.5 Å². The van der Waals surface area contributed by atoms with Gasteiger partial charge in [-0.2, -0.15) is 0 Å². The summed E-state index contributed by atoms with van der Waals surface area (Å²) in [5.74, 6) is -0.225. The summed E-state index contributed by atoms with van der Waals surface area (Å²) in [6.07, 6.45) is 2.10. The van der Waals surface area contributed by atoms with E-state index in [1.165, 1.54) is 6.08 Å². The highest BCUT2D eigenvalue weighted by Gasteiger charge is 2.44. The molecular formula is C22H31ClN2O4Si. The second-order valence-electron chi connectivity index (χ2n) is 6.65. The van der Waals surface area contributed by atoms with Gasteiger partial charge in [0.15, 0.2) is 0 Å². The summed E-state index contributed by atoms with van der Waals surface area (Å²) in [5, 5.41) is 6.27. The first kappa shape index (κ1) is 25.9. The van der Waals surface area contributed by atoms with Crippen molar-refractivity contribution in [1.82, 2.24) is 0 Å². The van der Waals surface area contributed by atoms with Crippen LogP contribution in [0.25, 0.3) is 11.1 Å². The van der Waals surface area contributed by atoms with Crippen molar-refractivity contribution >= 4 is 38.5 Å². The molecule has 0 saturated carbocycles. The molecule has 0 aliphatic rings. The normalized spacial score (nSPS) is 11.9. The average molecular weight is 451 g/mol. The van der Waals surface area contributed by atoms with Crippen molar-refractivity contribution in [3.8, 4) is 11.1 Å². The van der Waals surface area contributed by atoms with Crippen LogP contribution in [0.5, 0.6) is 0 Å². The Balaban J connectivity index is 0.00000450. The van der Waals surface area contributed by atoms with Crippen LogP contribution in [0.15, 0.2) is 61.2 Å². The van der Waals surface area contributed by atoms with E-state index >= 15 is 0 Å². The molecule has 2 rings (SSSR count). The van der Waals surface area contributed by atoms with Crippen LogP contribution in [0.1, 0.15) is 13.3 Å². The molecule has 0 aromatic heterocycles. The first-order chi connectivity index (χ1) is 14.0. The van der Waals surface area contributed by atoms with Gasteiger partial charge in [0, 0.05) is 50.4 Å². The highest BCUT2D eigenvalue weighted by molar-refractivity contribution is 6.62. The monoisotopic (exact) mass is 450 g/mol. The number of amides is 1. The van der Waals surface area contributed by atoms with Gasteiger partial charge in [0.25, 0.3) is 0 Å². The summed E-state index contributed by atoms with van der Waals surface area (Å²) in [7, 11) is 2.27. The maximum Gasteiger partial charge on any atom is 0.503 e. The molecule has 2 N–H and O–H groups in total. The molecule has 8 heteroatoms. The van der Waals surface area contributed by atoms with Crippen molar-refractivity contribution in [1.29, 1.82) is 0 Å². The van der Waals surface area contributed by atoms with Gasteiger partial charge in [0.2, 0.25) is 5.91 Å². The van der Waals surface area contributed by atoms with Gasteiger partial charge in [-0.15, -0.1) is 12.4 Å². The van der Waals surface area contributed by atoms with Crippen molar-refractivity contribution in [2.75, 3.05) is 38.5 Å². The molecule has 1 amide bonds. The van der Waals surface area contributed by atoms with Crippen molar-refractivity contribution in [3.63, 3.8) is 0 Å². The third kappa shape index (κ3) is 6.42. The minimum Gasteiger partial charge on any atom is -0.385 e. The van der Waals surface area contributed by atoms with Gasteiger partial charge in [-0.1, -0.05) is 43.8 Å². The topological polar surface area (TPSA) is 68.8 Å². The van der Waals surface area contributed by atoms with Gasteiger partial charge in [-0.25, -0.2) is 0 Å². The summed E-state index contributed by atoms with van der Waals surface area (Å²) < 4.78 is 16.7. The molecule has 0 aliphatic heterocycles. The maximum absolute atomic E-state index is 11.4. The van der Waals surface area contributed by atoms with E-state index in [-0.39, 0.29) is 23.9 Å². The molecule has 2 aromatic rings. The lowest BCUT2D eigenvalue weighted by Gasteiger charge is -2.30. The Morgan fingerprint density at radius 1 is 1.07 bits per heavy atom. The van der Waals surface area contributed by atoms with Crippen LogP contribution >= 0.6 is 12.4 Å². The maximum atomic E-state index is 11.4. The number of benzene rings is 2. The number of anilines is 2. The fourth-order valence-electron chi connectivity index (χ4n) is 3.27. The van der Waals surface area contributed by atoms with Gasteiger partial charge < -0.3 is 23.9 Å². The zero-order chi connectivity index (χ0) is 21.3. The van der Waals surface area contributed by atoms with Crippen LogP contribution in [-0.2, 0) is 18.1 Å². The molecule has 164 valence electrons. The fraction of sp³-hybridized carbons (Fsp3) is 0.318. The number of hydrogen-bond donors (Lipinski definition) is 2. The zero-order valence-corrected chi connectivity index (χ0v) is 19.8. The quantitative estimate of drug-likeness (QED) is 0.373. The smallest absolute Gasteiger partial charge is 0.385 e. The van der Waals surface area contributed by atoms with Gasteiger partial charge in [-0.05, 0) is 36.3 Å². The Hall–Kier alpha value is -2.16. The fourth-order valence-corrected chi connectivity index (χ4v) is 5.47. The Morgan fingerprint density at radius 2 is 1.67 bits per heavy atom. The molecule has 0 fully saturated rings. The lowest BCUT2D eigenvalue weighted by molar-refractivity contribution is -0.111. The van der Waals surface area contributed by atoms with E-state index in [1.807, 2.05) is 36.4 Å². The molecule has 1 atom stereocenters. The number of para-hydroxylation sites is 1. The van der Waals surface area contributed by atoms with Crippen molar-refractivity contribution in [2.45, 2.75) is 18.9 Å². The van der Waals surface area contributed by atoms with E-state index in [0.29, 0.717) is 0 Å². The molecule has 30 heavy (non-hydrogen) atoms. The molecule has 2 aromatic carbocycles. The van der Waals surface area contributed by atoms with Crippen LogP contribution in [0.3, 0.4) is 0 Å². The summed E-state index contributed by atoms with van der Waals surface area (Å²) in [4.78, 5) is 11.4. The predicted octanol–water partition coefficient (Wildman–Crippen LogP) is 4.97. The van der Waals surface area contributed by atoms with Crippen LogP contribution < -0.4 is 10.6 Å². The Morgan fingerprint density at radius 3 is 2.23 bits per heavy atom. The Bertz CT molecular complexity index is 805. The molecule has 0 aliphatic carbocycles. The number of carbonyl (C=O) groups is 1. The van der Waals surface area contributed by atoms with Gasteiger partial charge in [0.1, 0.15) is 0 Å². The minimum absolute atomic E-state index is 0. The van der Waals surface area contributed by atoms with E-state index < -0.39 is 8.80 Å².